The average Bonchev–Trinajstić information content (AvgIpc) is 2.84. The molecule has 2 fully saturated rings. The van der Waals surface area contributed by atoms with Crippen molar-refractivity contribution in [1.29, 1.82) is 0 Å². The van der Waals surface area contributed by atoms with Crippen LogP contribution in [0.5, 0.6) is 0 Å². The topological polar surface area (TPSA) is 32.7 Å². The van der Waals surface area contributed by atoms with Crippen molar-refractivity contribution in [2.24, 2.45) is 11.8 Å². The van der Waals surface area contributed by atoms with Gasteiger partial charge in [0, 0.05) is 31.7 Å². The molecule has 2 atom stereocenters. The maximum Gasteiger partial charge on any atom is 0.0624 e. The zero-order valence-electron chi connectivity index (χ0n) is 12.0. The molecule has 2 rings (SSSR count). The molecule has 3 nitrogen and oxygen atoms in total. The van der Waals surface area contributed by atoms with E-state index in [4.69, 9.17) is 4.74 Å². The van der Waals surface area contributed by atoms with Crippen LogP contribution >= 0.6 is 0 Å². The highest BCUT2D eigenvalue weighted by Gasteiger charge is 2.30. The van der Waals surface area contributed by atoms with E-state index in [1.54, 1.807) is 0 Å². The molecule has 2 aliphatic rings. The van der Waals surface area contributed by atoms with Gasteiger partial charge in [0.05, 0.1) is 12.7 Å². The molecule has 0 aromatic carbocycles. The number of aliphatic hydroxyl groups is 1. The van der Waals surface area contributed by atoms with Gasteiger partial charge in [0.25, 0.3) is 0 Å². The lowest BCUT2D eigenvalue weighted by Crippen LogP contribution is -2.45. The average molecular weight is 255 g/mol. The third kappa shape index (κ3) is 3.94. The Bertz CT molecular complexity index is 239. The van der Waals surface area contributed by atoms with Crippen molar-refractivity contribution in [3.05, 3.63) is 0 Å². The predicted octanol–water partition coefficient (Wildman–Crippen LogP) is 2.28. The Morgan fingerprint density at radius 3 is 2.56 bits per heavy atom. The first kappa shape index (κ1) is 14.3. The molecule has 0 spiro atoms. The van der Waals surface area contributed by atoms with Crippen molar-refractivity contribution in [2.75, 3.05) is 26.3 Å². The van der Waals surface area contributed by atoms with Crippen molar-refractivity contribution >= 4 is 0 Å². The van der Waals surface area contributed by atoms with E-state index in [-0.39, 0.29) is 6.10 Å². The number of hydrogen-bond donors (Lipinski definition) is 1. The number of hydrogen-bond acceptors (Lipinski definition) is 3. The van der Waals surface area contributed by atoms with Crippen LogP contribution in [-0.2, 0) is 4.74 Å². The Labute approximate surface area is 112 Å². The van der Waals surface area contributed by atoms with Gasteiger partial charge in [0.2, 0.25) is 0 Å². The van der Waals surface area contributed by atoms with E-state index in [9.17, 15) is 5.11 Å². The number of rotatable bonds is 5. The third-order valence-corrected chi connectivity index (χ3v) is 4.34. The van der Waals surface area contributed by atoms with Gasteiger partial charge in [-0.15, -0.1) is 0 Å². The molecule has 0 aromatic rings. The summed E-state index contributed by atoms with van der Waals surface area (Å²) in [6.45, 7) is 8.22. The molecule has 3 heteroatoms. The molecule has 1 aliphatic heterocycles. The maximum absolute atomic E-state index is 10.1. The van der Waals surface area contributed by atoms with Crippen LogP contribution in [0.1, 0.15) is 46.0 Å². The van der Waals surface area contributed by atoms with Gasteiger partial charge in [-0.1, -0.05) is 26.7 Å². The van der Waals surface area contributed by atoms with Crippen molar-refractivity contribution in [3.63, 3.8) is 0 Å². The molecule has 0 radical (unpaired) electrons. The van der Waals surface area contributed by atoms with Gasteiger partial charge in [-0.25, -0.2) is 0 Å². The van der Waals surface area contributed by atoms with Gasteiger partial charge in [-0.05, 0) is 25.2 Å². The molecule has 1 aliphatic carbocycles. The van der Waals surface area contributed by atoms with Gasteiger partial charge < -0.3 is 9.84 Å². The van der Waals surface area contributed by atoms with Crippen LogP contribution in [0.15, 0.2) is 0 Å². The second kappa shape index (κ2) is 6.88. The minimum Gasteiger partial charge on any atom is -0.393 e. The summed E-state index contributed by atoms with van der Waals surface area (Å²) in [7, 11) is 0. The van der Waals surface area contributed by atoms with E-state index in [1.165, 1.54) is 25.7 Å². The zero-order valence-corrected chi connectivity index (χ0v) is 12.0. The fourth-order valence-corrected chi connectivity index (χ4v) is 3.37. The van der Waals surface area contributed by atoms with Gasteiger partial charge in [0.15, 0.2) is 0 Å². The molecule has 0 aromatic heterocycles. The first-order valence-corrected chi connectivity index (χ1v) is 7.66. The van der Waals surface area contributed by atoms with E-state index in [0.717, 1.165) is 38.8 Å². The number of ether oxygens (including phenoxy) is 1. The predicted molar refractivity (Wildman–Crippen MR) is 73.6 cm³/mol. The molecule has 1 heterocycles. The first-order valence-electron chi connectivity index (χ1n) is 7.66. The molecule has 0 amide bonds. The Kier molecular flexibility index (Phi) is 5.46. The fourth-order valence-electron chi connectivity index (χ4n) is 3.37. The van der Waals surface area contributed by atoms with Crippen LogP contribution < -0.4 is 0 Å². The normalized spacial score (nSPS) is 30.5. The molecule has 1 N–H and O–H groups in total. The molecular formula is C15H29NO2. The monoisotopic (exact) mass is 255 g/mol. The van der Waals surface area contributed by atoms with Crippen LogP contribution in [0.4, 0.5) is 0 Å². The van der Waals surface area contributed by atoms with E-state index in [0.29, 0.717) is 11.8 Å². The van der Waals surface area contributed by atoms with Crippen LogP contribution in [0.2, 0.25) is 0 Å². The summed E-state index contributed by atoms with van der Waals surface area (Å²) in [5.74, 6) is 1.02. The van der Waals surface area contributed by atoms with Crippen LogP contribution in [-0.4, -0.2) is 48.5 Å². The maximum atomic E-state index is 10.1. The summed E-state index contributed by atoms with van der Waals surface area (Å²) < 4.78 is 5.53. The Morgan fingerprint density at radius 1 is 1.22 bits per heavy atom. The third-order valence-electron chi connectivity index (χ3n) is 4.34. The summed E-state index contributed by atoms with van der Waals surface area (Å²) in [6.07, 6.45) is 6.10. The molecular weight excluding hydrogens is 226 g/mol. The Morgan fingerprint density at radius 2 is 1.94 bits per heavy atom. The van der Waals surface area contributed by atoms with Crippen LogP contribution in [0.3, 0.4) is 0 Å². The molecule has 1 saturated carbocycles. The molecule has 18 heavy (non-hydrogen) atoms. The van der Waals surface area contributed by atoms with E-state index in [2.05, 4.69) is 18.7 Å². The highest BCUT2D eigenvalue weighted by molar-refractivity contribution is 4.83. The largest absolute Gasteiger partial charge is 0.393 e. The molecule has 0 bridgehead atoms. The van der Waals surface area contributed by atoms with Gasteiger partial charge in [0.1, 0.15) is 0 Å². The van der Waals surface area contributed by atoms with E-state index in [1.807, 2.05) is 0 Å². The van der Waals surface area contributed by atoms with Gasteiger partial charge >= 0.3 is 0 Å². The standard InChI is InChI=1S/C15H29NO2/c1-12(2)9-16(14-5-3-4-6-14)10-13-11-18-8-7-15(13)17/h12-15,17H,3-11H2,1-2H3. The number of nitrogens with zero attached hydrogens (tertiary/aromatic N) is 1. The minimum atomic E-state index is -0.158. The lowest BCUT2D eigenvalue weighted by Gasteiger charge is -2.36. The lowest BCUT2D eigenvalue weighted by atomic mass is 9.96. The highest BCUT2D eigenvalue weighted by atomic mass is 16.5. The second-order valence-corrected chi connectivity index (χ2v) is 6.48. The highest BCUT2D eigenvalue weighted by Crippen LogP contribution is 2.26. The van der Waals surface area contributed by atoms with Crippen molar-refractivity contribution in [2.45, 2.75) is 58.1 Å². The molecule has 1 saturated heterocycles. The van der Waals surface area contributed by atoms with E-state index >= 15 is 0 Å². The quantitative estimate of drug-likeness (QED) is 0.818. The van der Waals surface area contributed by atoms with Crippen LogP contribution in [0, 0.1) is 11.8 Å². The number of aliphatic hydroxyl groups excluding tert-OH is 1. The summed E-state index contributed by atoms with van der Waals surface area (Å²) >= 11 is 0. The van der Waals surface area contributed by atoms with Crippen molar-refractivity contribution < 1.29 is 9.84 Å². The summed E-state index contributed by atoms with van der Waals surface area (Å²) in [5, 5.41) is 10.1. The fraction of sp³-hybridized carbons (Fsp3) is 1.00. The Hall–Kier alpha value is -0.120. The van der Waals surface area contributed by atoms with Gasteiger partial charge in [-0.2, -0.15) is 0 Å². The first-order chi connectivity index (χ1) is 8.66. The minimum absolute atomic E-state index is 0.158. The van der Waals surface area contributed by atoms with Crippen molar-refractivity contribution in [3.8, 4) is 0 Å². The summed E-state index contributed by atoms with van der Waals surface area (Å²) in [6, 6.07) is 0.751. The smallest absolute Gasteiger partial charge is 0.0624 e. The SMILES string of the molecule is CC(C)CN(CC1COCCC1O)C1CCCC1. The van der Waals surface area contributed by atoms with Crippen LogP contribution in [0.25, 0.3) is 0 Å². The summed E-state index contributed by atoms with van der Waals surface area (Å²) in [4.78, 5) is 2.63. The summed E-state index contributed by atoms with van der Waals surface area (Å²) in [5.41, 5.74) is 0. The Balaban J connectivity index is 1.90. The molecule has 106 valence electrons. The van der Waals surface area contributed by atoms with E-state index < -0.39 is 0 Å². The molecule has 2 unspecified atom stereocenters. The second-order valence-electron chi connectivity index (χ2n) is 6.48. The lowest BCUT2D eigenvalue weighted by molar-refractivity contribution is -0.0515. The zero-order chi connectivity index (χ0) is 13.0. The van der Waals surface area contributed by atoms with Crippen molar-refractivity contribution in [1.82, 2.24) is 4.90 Å². The van der Waals surface area contributed by atoms with Gasteiger partial charge in [-0.3, -0.25) is 4.90 Å².